The molecule has 1 N–H and O–H groups in total. The zero-order chi connectivity index (χ0) is 13.1. The number of carbonyl (C=O) groups excluding carboxylic acids is 2. The normalized spacial score (nSPS) is 27.8. The van der Waals surface area contributed by atoms with Crippen molar-refractivity contribution in [1.82, 2.24) is 10.2 Å². The Morgan fingerprint density at radius 2 is 2.00 bits per heavy atom. The molecule has 0 aromatic carbocycles. The molecule has 2 unspecified atom stereocenters. The van der Waals surface area contributed by atoms with Gasteiger partial charge in [0.15, 0.2) is 0 Å². The lowest BCUT2D eigenvalue weighted by Crippen LogP contribution is -2.52. The first-order valence-corrected chi connectivity index (χ1v) is 6.68. The Morgan fingerprint density at radius 3 is 2.56 bits per heavy atom. The highest BCUT2D eigenvalue weighted by atomic mass is 16.5. The van der Waals surface area contributed by atoms with Crippen LogP contribution in [0.5, 0.6) is 0 Å². The Balaban J connectivity index is 1.91. The van der Waals surface area contributed by atoms with Gasteiger partial charge in [-0.1, -0.05) is 12.8 Å². The summed E-state index contributed by atoms with van der Waals surface area (Å²) < 4.78 is 4.62. The van der Waals surface area contributed by atoms with Crippen LogP contribution in [0.15, 0.2) is 0 Å². The number of ether oxygens (including phenoxy) is 1. The SMILES string of the molecule is COC(=O)NC1CC(CC2CC2)CN(C(C)=O)C1. The molecule has 2 atom stereocenters. The lowest BCUT2D eigenvalue weighted by atomic mass is 9.89. The monoisotopic (exact) mass is 254 g/mol. The second kappa shape index (κ2) is 5.59. The molecule has 1 saturated carbocycles. The Labute approximate surface area is 108 Å². The van der Waals surface area contributed by atoms with Crippen molar-refractivity contribution in [1.29, 1.82) is 0 Å². The van der Waals surface area contributed by atoms with E-state index < -0.39 is 6.09 Å². The molecule has 5 nitrogen and oxygen atoms in total. The van der Waals surface area contributed by atoms with Crippen molar-refractivity contribution in [2.24, 2.45) is 11.8 Å². The summed E-state index contributed by atoms with van der Waals surface area (Å²) in [5, 5.41) is 2.82. The molecule has 2 rings (SSSR count). The third-order valence-electron chi connectivity index (χ3n) is 3.85. The molecule has 102 valence electrons. The molecule has 0 radical (unpaired) electrons. The Hall–Kier alpha value is -1.26. The average Bonchev–Trinajstić information content (AvgIpc) is 3.12. The van der Waals surface area contributed by atoms with Gasteiger partial charge in [0.25, 0.3) is 0 Å². The predicted octanol–water partition coefficient (Wildman–Crippen LogP) is 1.38. The highest BCUT2D eigenvalue weighted by Crippen LogP contribution is 2.37. The number of piperidine rings is 1. The number of nitrogens with one attached hydrogen (secondary N) is 1. The van der Waals surface area contributed by atoms with Gasteiger partial charge in [0.1, 0.15) is 0 Å². The van der Waals surface area contributed by atoms with E-state index in [9.17, 15) is 9.59 Å². The number of amides is 2. The maximum absolute atomic E-state index is 11.5. The standard InChI is InChI=1S/C13H22N2O3/c1-9(16)15-7-11(5-10-3-4-10)6-12(8-15)14-13(17)18-2/h10-12H,3-8H2,1-2H3,(H,14,17). The molecule has 0 aromatic rings. The Bertz CT molecular complexity index is 328. The van der Waals surface area contributed by atoms with E-state index in [1.807, 2.05) is 4.90 Å². The number of alkyl carbamates (subject to hydrolysis) is 1. The second-order valence-corrected chi connectivity index (χ2v) is 5.54. The predicted molar refractivity (Wildman–Crippen MR) is 67.0 cm³/mol. The molecule has 0 aromatic heterocycles. The fourth-order valence-electron chi connectivity index (χ4n) is 2.79. The fraction of sp³-hybridized carbons (Fsp3) is 0.846. The molecule has 0 bridgehead atoms. The maximum atomic E-state index is 11.5. The highest BCUT2D eigenvalue weighted by Gasteiger charge is 2.33. The van der Waals surface area contributed by atoms with Gasteiger partial charge in [0.05, 0.1) is 13.2 Å². The molecule has 1 heterocycles. The van der Waals surface area contributed by atoms with Gasteiger partial charge in [-0.15, -0.1) is 0 Å². The van der Waals surface area contributed by atoms with E-state index in [0.29, 0.717) is 12.5 Å². The van der Waals surface area contributed by atoms with Crippen molar-refractivity contribution >= 4 is 12.0 Å². The number of likely N-dealkylation sites (tertiary alicyclic amines) is 1. The molecule has 1 saturated heterocycles. The molecule has 18 heavy (non-hydrogen) atoms. The summed E-state index contributed by atoms with van der Waals surface area (Å²) in [7, 11) is 1.36. The van der Waals surface area contributed by atoms with Crippen molar-refractivity contribution in [3.63, 3.8) is 0 Å². The zero-order valence-electron chi connectivity index (χ0n) is 11.1. The minimum Gasteiger partial charge on any atom is -0.453 e. The van der Waals surface area contributed by atoms with Crippen LogP contribution < -0.4 is 5.32 Å². The van der Waals surface area contributed by atoms with Crippen LogP contribution in [-0.4, -0.2) is 43.1 Å². The number of nitrogens with zero attached hydrogens (tertiary/aromatic N) is 1. The van der Waals surface area contributed by atoms with E-state index in [1.54, 1.807) is 6.92 Å². The summed E-state index contributed by atoms with van der Waals surface area (Å²) in [6.45, 7) is 3.03. The minimum absolute atomic E-state index is 0.0267. The summed E-state index contributed by atoms with van der Waals surface area (Å²) in [6, 6.07) is 0.0267. The summed E-state index contributed by atoms with van der Waals surface area (Å²) in [4.78, 5) is 24.6. The Morgan fingerprint density at radius 1 is 1.28 bits per heavy atom. The molecule has 2 aliphatic rings. The van der Waals surface area contributed by atoms with Gasteiger partial charge in [-0.2, -0.15) is 0 Å². The fourth-order valence-corrected chi connectivity index (χ4v) is 2.79. The van der Waals surface area contributed by atoms with E-state index in [1.165, 1.54) is 26.4 Å². The molecule has 2 fully saturated rings. The van der Waals surface area contributed by atoms with Crippen LogP contribution in [-0.2, 0) is 9.53 Å². The second-order valence-electron chi connectivity index (χ2n) is 5.54. The molecule has 1 aliphatic heterocycles. The first-order chi connectivity index (χ1) is 8.58. The average molecular weight is 254 g/mol. The van der Waals surface area contributed by atoms with Gasteiger partial charge >= 0.3 is 6.09 Å². The van der Waals surface area contributed by atoms with Gasteiger partial charge in [0.2, 0.25) is 5.91 Å². The first-order valence-electron chi connectivity index (χ1n) is 6.68. The van der Waals surface area contributed by atoms with Crippen molar-refractivity contribution in [2.75, 3.05) is 20.2 Å². The summed E-state index contributed by atoms with van der Waals surface area (Å²) >= 11 is 0. The van der Waals surface area contributed by atoms with Crippen molar-refractivity contribution < 1.29 is 14.3 Å². The molecule has 0 spiro atoms. The van der Waals surface area contributed by atoms with Crippen LogP contribution in [0.3, 0.4) is 0 Å². The molecular formula is C13H22N2O3. The van der Waals surface area contributed by atoms with Gasteiger partial charge in [0, 0.05) is 20.0 Å². The van der Waals surface area contributed by atoms with Crippen LogP contribution in [0.25, 0.3) is 0 Å². The first kappa shape index (κ1) is 13.2. The number of rotatable bonds is 3. The smallest absolute Gasteiger partial charge is 0.407 e. The maximum Gasteiger partial charge on any atom is 0.407 e. The molecule has 1 aliphatic carbocycles. The van der Waals surface area contributed by atoms with Crippen LogP contribution in [0.4, 0.5) is 4.79 Å². The van der Waals surface area contributed by atoms with E-state index in [4.69, 9.17) is 0 Å². The quantitative estimate of drug-likeness (QED) is 0.827. The Kier molecular flexibility index (Phi) is 4.09. The number of carbonyl (C=O) groups is 2. The lowest BCUT2D eigenvalue weighted by molar-refractivity contribution is -0.131. The van der Waals surface area contributed by atoms with E-state index in [0.717, 1.165) is 18.9 Å². The van der Waals surface area contributed by atoms with Crippen LogP contribution >= 0.6 is 0 Å². The van der Waals surface area contributed by atoms with Gasteiger partial charge < -0.3 is 15.0 Å². The van der Waals surface area contributed by atoms with Crippen LogP contribution in [0.2, 0.25) is 0 Å². The summed E-state index contributed by atoms with van der Waals surface area (Å²) in [6.07, 6.45) is 4.38. The highest BCUT2D eigenvalue weighted by molar-refractivity contribution is 5.73. The number of methoxy groups -OCH3 is 1. The number of hydrogen-bond acceptors (Lipinski definition) is 3. The van der Waals surface area contributed by atoms with Gasteiger partial charge in [-0.3, -0.25) is 4.79 Å². The number of hydrogen-bond donors (Lipinski definition) is 1. The third kappa shape index (κ3) is 3.62. The van der Waals surface area contributed by atoms with Crippen LogP contribution in [0, 0.1) is 11.8 Å². The minimum atomic E-state index is -0.407. The lowest BCUT2D eigenvalue weighted by Gasteiger charge is -2.37. The zero-order valence-corrected chi connectivity index (χ0v) is 11.1. The summed E-state index contributed by atoms with van der Waals surface area (Å²) in [5.41, 5.74) is 0. The molecule has 5 heteroatoms. The molecule has 2 amide bonds. The van der Waals surface area contributed by atoms with Gasteiger partial charge in [-0.25, -0.2) is 4.79 Å². The van der Waals surface area contributed by atoms with E-state index >= 15 is 0 Å². The third-order valence-corrected chi connectivity index (χ3v) is 3.85. The van der Waals surface area contributed by atoms with E-state index in [-0.39, 0.29) is 11.9 Å². The van der Waals surface area contributed by atoms with E-state index in [2.05, 4.69) is 10.1 Å². The van der Waals surface area contributed by atoms with Crippen molar-refractivity contribution in [3.8, 4) is 0 Å². The van der Waals surface area contributed by atoms with Gasteiger partial charge in [-0.05, 0) is 24.7 Å². The van der Waals surface area contributed by atoms with Crippen molar-refractivity contribution in [2.45, 2.75) is 38.6 Å². The summed E-state index contributed by atoms with van der Waals surface area (Å²) in [5.74, 6) is 1.45. The van der Waals surface area contributed by atoms with Crippen molar-refractivity contribution in [3.05, 3.63) is 0 Å². The van der Waals surface area contributed by atoms with Crippen LogP contribution in [0.1, 0.15) is 32.6 Å². The molecular weight excluding hydrogens is 232 g/mol. The largest absolute Gasteiger partial charge is 0.453 e. The topological polar surface area (TPSA) is 58.6 Å².